The van der Waals surface area contributed by atoms with Crippen molar-refractivity contribution in [1.82, 2.24) is 41.5 Å². The average molecular weight is 847 g/mol. The van der Waals surface area contributed by atoms with Gasteiger partial charge < -0.3 is 53.8 Å². The Morgan fingerprint density at radius 3 is 1.81 bits per heavy atom. The molecular formula is C44H54N12O6. The Labute approximate surface area is 358 Å². The molecule has 0 radical (unpaired) electrons. The van der Waals surface area contributed by atoms with Gasteiger partial charge in [0.15, 0.2) is 5.96 Å². The van der Waals surface area contributed by atoms with Crippen LogP contribution in [0.4, 0.5) is 0 Å². The number of aromatic nitrogens is 3. The van der Waals surface area contributed by atoms with Crippen LogP contribution in [0, 0.1) is 0 Å². The molecule has 62 heavy (non-hydrogen) atoms. The molecule has 0 saturated carbocycles. The number of primary amides is 1. The molecule has 0 spiro atoms. The van der Waals surface area contributed by atoms with Crippen molar-refractivity contribution in [1.29, 1.82) is 0 Å². The molecule has 0 aliphatic heterocycles. The second-order valence-electron chi connectivity index (χ2n) is 14.9. The maximum Gasteiger partial charge on any atom is 0.243 e. The molecule has 0 unspecified atom stereocenters. The summed E-state index contributed by atoms with van der Waals surface area (Å²) in [7, 11) is 0. The van der Waals surface area contributed by atoms with Crippen LogP contribution in [0.2, 0.25) is 0 Å². The lowest BCUT2D eigenvalue weighted by atomic mass is 10.0. The third-order valence-electron chi connectivity index (χ3n) is 10.1. The van der Waals surface area contributed by atoms with Gasteiger partial charge in [-0.15, -0.1) is 0 Å². The van der Waals surface area contributed by atoms with E-state index in [1.807, 2.05) is 54.6 Å². The van der Waals surface area contributed by atoms with Crippen molar-refractivity contribution in [3.8, 4) is 0 Å². The molecule has 18 heteroatoms. The van der Waals surface area contributed by atoms with E-state index in [1.54, 1.807) is 36.5 Å². The van der Waals surface area contributed by atoms with Crippen molar-refractivity contribution in [2.45, 2.75) is 82.1 Å². The van der Waals surface area contributed by atoms with E-state index >= 15 is 0 Å². The highest BCUT2D eigenvalue weighted by Crippen LogP contribution is 2.19. The Morgan fingerprint density at radius 2 is 1.19 bits per heavy atom. The number of nitrogens with two attached hydrogens (primary N) is 3. The number of imidazole rings is 1. The van der Waals surface area contributed by atoms with Crippen molar-refractivity contribution in [3.63, 3.8) is 0 Å². The highest BCUT2D eigenvalue weighted by molar-refractivity contribution is 5.96. The van der Waals surface area contributed by atoms with Crippen LogP contribution in [0.15, 0.2) is 109 Å². The number of carbonyl (C=O) groups excluding carboxylic acids is 6. The zero-order chi connectivity index (χ0) is 44.4. The highest BCUT2D eigenvalue weighted by atomic mass is 16.2. The Hall–Kier alpha value is -7.50. The van der Waals surface area contributed by atoms with Crippen LogP contribution in [0.25, 0.3) is 10.9 Å². The molecule has 0 bridgehead atoms. The predicted molar refractivity (Wildman–Crippen MR) is 234 cm³/mol. The molecule has 2 aromatic heterocycles. The smallest absolute Gasteiger partial charge is 0.243 e. The number of fused-ring (bicyclic) bond motifs is 1. The number of para-hydroxylation sites is 1. The normalized spacial score (nSPS) is 13.4. The number of guanidine groups is 1. The quantitative estimate of drug-likeness (QED) is 0.0249. The largest absolute Gasteiger partial charge is 0.370 e. The lowest BCUT2D eigenvalue weighted by molar-refractivity contribution is -0.135. The molecule has 5 atom stereocenters. The predicted octanol–water partition coefficient (Wildman–Crippen LogP) is 0.535. The van der Waals surface area contributed by atoms with Gasteiger partial charge in [0, 0.05) is 61.7 Å². The molecule has 5 aromatic rings. The number of aromatic amines is 2. The van der Waals surface area contributed by atoms with Crippen molar-refractivity contribution >= 4 is 52.3 Å². The van der Waals surface area contributed by atoms with E-state index in [0.717, 1.165) is 22.0 Å². The van der Waals surface area contributed by atoms with E-state index in [0.29, 0.717) is 17.7 Å². The summed E-state index contributed by atoms with van der Waals surface area (Å²) >= 11 is 0. The van der Waals surface area contributed by atoms with Gasteiger partial charge in [0.1, 0.15) is 30.2 Å². The lowest BCUT2D eigenvalue weighted by Gasteiger charge is -2.27. The Kier molecular flexibility index (Phi) is 16.7. The fourth-order valence-corrected chi connectivity index (χ4v) is 6.96. The zero-order valence-corrected chi connectivity index (χ0v) is 34.4. The maximum atomic E-state index is 14.4. The van der Waals surface area contributed by atoms with Gasteiger partial charge in [-0.25, -0.2) is 4.98 Å². The van der Waals surface area contributed by atoms with Gasteiger partial charge in [-0.2, -0.15) is 0 Å². The SMILES string of the molecule is CC(=O)N[C@@H](CCc1ccccc1)C(=O)N[C@@H](Cc1cnc[nH]1)C(=O)N[C@H](Cc1ccccc1)C(=O)N[C@@H](CCCN=C(N)N)C(=O)N[C@@H](Cc1c[nH]c2ccccc12)C(N)=O. The van der Waals surface area contributed by atoms with Crippen LogP contribution in [0.1, 0.15) is 48.6 Å². The molecule has 3 aromatic carbocycles. The number of amides is 6. The Balaban J connectivity index is 1.37. The fourth-order valence-electron chi connectivity index (χ4n) is 6.96. The van der Waals surface area contributed by atoms with Crippen molar-refractivity contribution in [2.75, 3.05) is 6.54 Å². The van der Waals surface area contributed by atoms with Gasteiger partial charge in [-0.1, -0.05) is 78.9 Å². The van der Waals surface area contributed by atoms with Crippen molar-refractivity contribution < 1.29 is 28.8 Å². The first-order chi connectivity index (χ1) is 29.9. The molecule has 0 saturated heterocycles. The minimum atomic E-state index is -1.26. The van der Waals surface area contributed by atoms with Gasteiger partial charge in [0.2, 0.25) is 35.4 Å². The van der Waals surface area contributed by atoms with Crippen LogP contribution in [-0.4, -0.2) is 93.1 Å². The lowest BCUT2D eigenvalue weighted by Crippen LogP contribution is -2.60. The number of aryl methyl sites for hydroxylation is 1. The summed E-state index contributed by atoms with van der Waals surface area (Å²) in [4.78, 5) is 95.5. The van der Waals surface area contributed by atoms with Gasteiger partial charge in [0.05, 0.1) is 6.33 Å². The van der Waals surface area contributed by atoms with Crippen LogP contribution in [0.3, 0.4) is 0 Å². The molecule has 18 nitrogen and oxygen atoms in total. The number of aliphatic imine (C=N–C) groups is 1. The average Bonchev–Trinajstić information content (AvgIpc) is 3.93. The first-order valence-electron chi connectivity index (χ1n) is 20.3. The minimum absolute atomic E-state index is 0.00153. The summed E-state index contributed by atoms with van der Waals surface area (Å²) < 4.78 is 0. The molecule has 0 aliphatic rings. The topological polar surface area (TPSA) is 297 Å². The van der Waals surface area contributed by atoms with Gasteiger partial charge in [-0.05, 0) is 48.4 Å². The van der Waals surface area contributed by atoms with Gasteiger partial charge in [-0.3, -0.25) is 33.8 Å². The molecule has 0 aliphatic carbocycles. The summed E-state index contributed by atoms with van der Waals surface area (Å²) in [6, 6.07) is 20.0. The van der Waals surface area contributed by atoms with Gasteiger partial charge in [0.25, 0.3) is 0 Å². The minimum Gasteiger partial charge on any atom is -0.370 e. The maximum absolute atomic E-state index is 14.4. The van der Waals surface area contributed by atoms with Crippen molar-refractivity contribution in [2.24, 2.45) is 22.2 Å². The van der Waals surface area contributed by atoms with Crippen molar-refractivity contribution in [3.05, 3.63) is 126 Å². The monoisotopic (exact) mass is 846 g/mol. The summed E-state index contributed by atoms with van der Waals surface area (Å²) in [5.74, 6) is -4.09. The van der Waals surface area contributed by atoms with Crippen LogP contribution >= 0.6 is 0 Å². The number of H-pyrrole nitrogens is 2. The summed E-state index contributed by atoms with van der Waals surface area (Å²) in [5.41, 5.74) is 20.6. The van der Waals surface area contributed by atoms with E-state index in [-0.39, 0.29) is 51.0 Å². The molecular weight excluding hydrogens is 793 g/mol. The number of benzene rings is 3. The molecule has 13 N–H and O–H groups in total. The fraction of sp³-hybridized carbons (Fsp3) is 0.318. The summed E-state index contributed by atoms with van der Waals surface area (Å²) in [5, 5.41) is 14.6. The molecule has 6 amide bonds. The summed E-state index contributed by atoms with van der Waals surface area (Å²) in [6.45, 7) is 1.44. The standard InChI is InChI=1S/C44H54N12O6/c1-27(57)52-35(19-18-28-11-4-2-5-12-28)41(60)56-38(23-31-25-48-26-51-31)43(62)55-37(21-29-13-6-3-7-14-29)42(61)53-34(17-10-20-49-44(46)47)40(59)54-36(39(45)58)22-30-24-50-33-16-9-8-15-32(30)33/h2-9,11-16,24-26,34-38,50H,10,17-23H2,1H3,(H2,45,58)(H,48,51)(H,52,57)(H,53,61)(H,54,59)(H,55,62)(H,56,60)(H4,46,47,49)/t34-,35-,36-,37+,38-/m0/s1. The molecule has 2 heterocycles. The third-order valence-corrected chi connectivity index (χ3v) is 10.1. The number of carbonyl (C=O) groups is 6. The number of hydrogen-bond acceptors (Lipinski definition) is 8. The number of nitrogens with zero attached hydrogens (tertiary/aromatic N) is 2. The molecule has 326 valence electrons. The highest BCUT2D eigenvalue weighted by Gasteiger charge is 2.33. The van der Waals surface area contributed by atoms with Crippen LogP contribution < -0.4 is 43.8 Å². The van der Waals surface area contributed by atoms with E-state index < -0.39 is 65.7 Å². The number of hydrogen-bond donors (Lipinski definition) is 10. The van der Waals surface area contributed by atoms with Crippen LogP contribution in [0.5, 0.6) is 0 Å². The molecule has 5 rings (SSSR count). The molecule has 0 fully saturated rings. The summed E-state index contributed by atoms with van der Waals surface area (Å²) in [6.07, 6.45) is 5.74. The Bertz CT molecular complexity index is 2290. The third kappa shape index (κ3) is 14.1. The first-order valence-corrected chi connectivity index (χ1v) is 20.3. The number of rotatable bonds is 23. The zero-order valence-electron chi connectivity index (χ0n) is 34.4. The van der Waals surface area contributed by atoms with Crippen LogP contribution in [-0.2, 0) is 54.5 Å². The second kappa shape index (κ2) is 22.8. The van der Waals surface area contributed by atoms with Gasteiger partial charge >= 0.3 is 0 Å². The van der Waals surface area contributed by atoms with E-state index in [1.165, 1.54) is 19.4 Å². The van der Waals surface area contributed by atoms with E-state index in [4.69, 9.17) is 17.2 Å². The van der Waals surface area contributed by atoms with E-state index in [9.17, 15) is 28.8 Å². The number of nitrogens with one attached hydrogen (secondary N) is 7. The second-order valence-corrected chi connectivity index (χ2v) is 14.9. The first kappa shape index (κ1) is 45.6. The van der Waals surface area contributed by atoms with E-state index in [2.05, 4.69) is 46.5 Å². The Morgan fingerprint density at radius 1 is 0.629 bits per heavy atom.